The van der Waals surface area contributed by atoms with Crippen molar-refractivity contribution >= 4 is 22.0 Å². The predicted molar refractivity (Wildman–Crippen MR) is 138 cm³/mol. The fraction of sp³-hybridized carbons (Fsp3) is 0.333. The third kappa shape index (κ3) is 5.18. The monoisotopic (exact) mass is 560 g/mol. The molecule has 2 aliphatic rings. The Morgan fingerprint density at radius 2 is 1.82 bits per heavy atom. The summed E-state index contributed by atoms with van der Waals surface area (Å²) in [7, 11) is -2.12. The number of carbonyl (C=O) groups excluding carboxylic acids is 1. The number of amides is 1. The number of aromatic nitrogens is 2. The highest BCUT2D eigenvalue weighted by Gasteiger charge is 2.44. The molecule has 3 heterocycles. The minimum absolute atomic E-state index is 0.0130. The lowest BCUT2D eigenvalue weighted by molar-refractivity contribution is -0.137. The second kappa shape index (κ2) is 10.2. The number of piperidine rings is 1. The molecule has 2 aromatic carbocycles. The first kappa shape index (κ1) is 26.9. The van der Waals surface area contributed by atoms with E-state index < -0.39 is 39.6 Å². The van der Waals surface area contributed by atoms with Gasteiger partial charge in [0, 0.05) is 30.9 Å². The second-order valence-electron chi connectivity index (χ2n) is 9.82. The number of fused-ring (bicyclic) bond motifs is 1. The number of aryl methyl sites for hydroxylation is 1. The lowest BCUT2D eigenvalue weighted by Crippen LogP contribution is -2.59. The van der Waals surface area contributed by atoms with Crippen molar-refractivity contribution in [3.05, 3.63) is 82.7 Å². The molecule has 0 saturated carbocycles. The molecule has 1 amide bonds. The molecular weight excluding hydrogens is 533 g/mol. The summed E-state index contributed by atoms with van der Waals surface area (Å²) in [4.78, 5) is 19.5. The summed E-state index contributed by atoms with van der Waals surface area (Å²) in [6.07, 6.45) is 7.13. The number of carbonyl (C=O) groups is 1. The molecule has 0 spiro atoms. The van der Waals surface area contributed by atoms with Crippen molar-refractivity contribution in [3.8, 4) is 11.4 Å². The molecule has 2 aliphatic heterocycles. The van der Waals surface area contributed by atoms with Gasteiger partial charge < -0.3 is 14.2 Å². The topological polar surface area (TPSA) is 84.7 Å². The largest absolute Gasteiger partial charge is 0.495 e. The van der Waals surface area contributed by atoms with Crippen molar-refractivity contribution in [1.29, 1.82) is 0 Å². The molecule has 8 nitrogen and oxygen atoms in total. The average Bonchev–Trinajstić information content (AvgIpc) is 3.33. The highest BCUT2D eigenvalue weighted by atomic mass is 32.2. The van der Waals surface area contributed by atoms with Gasteiger partial charge in [0.1, 0.15) is 5.75 Å². The summed E-state index contributed by atoms with van der Waals surface area (Å²) in [6.45, 7) is 1.74. The minimum atomic E-state index is -3.66. The average molecular weight is 561 g/mol. The van der Waals surface area contributed by atoms with Gasteiger partial charge in [0.2, 0.25) is 10.0 Å². The number of hydrogen-bond acceptors (Lipinski definition) is 5. The number of nitrogens with zero attached hydrogens (tertiary/aromatic N) is 4. The molecule has 206 valence electrons. The molecule has 1 aromatic heterocycles. The van der Waals surface area contributed by atoms with Crippen LogP contribution in [0.3, 0.4) is 0 Å². The molecule has 39 heavy (non-hydrogen) atoms. The normalized spacial score (nSPS) is 21.3. The Kier molecular flexibility index (Phi) is 7.02. The summed E-state index contributed by atoms with van der Waals surface area (Å²) in [5.41, 5.74) is 2.77. The number of benzene rings is 2. The van der Waals surface area contributed by atoms with Crippen LogP contribution in [0.4, 0.5) is 13.2 Å². The van der Waals surface area contributed by atoms with Gasteiger partial charge in [0.15, 0.2) is 17.5 Å². The Bertz CT molecular complexity index is 1560. The van der Waals surface area contributed by atoms with Gasteiger partial charge >= 0.3 is 0 Å². The Hall–Kier alpha value is -3.64. The predicted octanol–water partition coefficient (Wildman–Crippen LogP) is 4.00. The fourth-order valence-corrected chi connectivity index (χ4v) is 6.11. The zero-order valence-corrected chi connectivity index (χ0v) is 22.4. The van der Waals surface area contributed by atoms with E-state index in [0.717, 1.165) is 29.8 Å². The van der Waals surface area contributed by atoms with Crippen molar-refractivity contribution < 1.29 is 31.1 Å². The minimum Gasteiger partial charge on any atom is -0.495 e. The van der Waals surface area contributed by atoms with E-state index in [1.165, 1.54) is 9.21 Å². The van der Waals surface area contributed by atoms with E-state index >= 15 is 0 Å². The van der Waals surface area contributed by atoms with E-state index in [1.807, 2.05) is 29.8 Å². The molecule has 2 saturated heterocycles. The van der Waals surface area contributed by atoms with Crippen LogP contribution in [-0.4, -0.2) is 65.6 Å². The van der Waals surface area contributed by atoms with Crippen molar-refractivity contribution in [2.24, 2.45) is 0 Å². The maximum Gasteiger partial charge on any atom is 0.250 e. The number of sulfonamides is 1. The van der Waals surface area contributed by atoms with Crippen LogP contribution in [-0.2, 0) is 14.8 Å². The Balaban J connectivity index is 1.51. The van der Waals surface area contributed by atoms with Gasteiger partial charge in [-0.25, -0.2) is 26.6 Å². The molecule has 0 N–H and O–H groups in total. The third-order valence-corrected chi connectivity index (χ3v) is 8.41. The van der Waals surface area contributed by atoms with Gasteiger partial charge in [0.05, 0.1) is 37.1 Å². The molecule has 0 unspecified atom stereocenters. The summed E-state index contributed by atoms with van der Waals surface area (Å²) in [5.74, 6) is -4.24. The summed E-state index contributed by atoms with van der Waals surface area (Å²) in [5, 5.41) is 0. The summed E-state index contributed by atoms with van der Waals surface area (Å²) in [6, 6.07) is 5.60. The Morgan fingerprint density at radius 3 is 2.44 bits per heavy atom. The van der Waals surface area contributed by atoms with Crippen LogP contribution in [0.25, 0.3) is 11.8 Å². The van der Waals surface area contributed by atoms with Crippen LogP contribution >= 0.6 is 0 Å². The molecule has 5 rings (SSSR count). The third-order valence-electron chi connectivity index (χ3n) is 7.17. The zero-order chi connectivity index (χ0) is 28.1. The molecule has 0 radical (unpaired) electrons. The van der Waals surface area contributed by atoms with E-state index in [1.54, 1.807) is 25.6 Å². The molecule has 0 bridgehead atoms. The van der Waals surface area contributed by atoms with Crippen LogP contribution < -0.4 is 4.74 Å². The SMILES string of the molecule is COc1cc(C=C2CC[C@H]3CN(S(C)(=O)=O)C[C@@H](c4cc(F)c(F)c(F)c4)N3C2=O)ccc1-n1cnc(C)c1. The lowest BCUT2D eigenvalue weighted by Gasteiger charge is -2.48. The molecule has 2 atom stereocenters. The van der Waals surface area contributed by atoms with Gasteiger partial charge in [-0.15, -0.1) is 0 Å². The van der Waals surface area contributed by atoms with E-state index in [2.05, 4.69) is 4.98 Å². The van der Waals surface area contributed by atoms with E-state index in [9.17, 15) is 26.4 Å². The number of imidazole rings is 1. The van der Waals surface area contributed by atoms with Crippen molar-refractivity contribution in [1.82, 2.24) is 18.8 Å². The van der Waals surface area contributed by atoms with Gasteiger partial charge in [-0.1, -0.05) is 6.07 Å². The van der Waals surface area contributed by atoms with E-state index in [4.69, 9.17) is 4.74 Å². The maximum absolute atomic E-state index is 14.2. The van der Waals surface area contributed by atoms with E-state index in [0.29, 0.717) is 29.7 Å². The highest BCUT2D eigenvalue weighted by Crippen LogP contribution is 2.38. The Morgan fingerprint density at radius 1 is 1.10 bits per heavy atom. The number of rotatable bonds is 5. The number of piperazine rings is 1. The smallest absolute Gasteiger partial charge is 0.250 e. The maximum atomic E-state index is 14.2. The molecule has 12 heteroatoms. The van der Waals surface area contributed by atoms with Crippen LogP contribution in [0.2, 0.25) is 0 Å². The van der Waals surface area contributed by atoms with Crippen molar-refractivity contribution in [2.75, 3.05) is 26.5 Å². The van der Waals surface area contributed by atoms with Gasteiger partial charge in [-0.3, -0.25) is 4.79 Å². The molecule has 2 fully saturated rings. The van der Waals surface area contributed by atoms with Gasteiger partial charge in [-0.2, -0.15) is 4.31 Å². The number of hydrogen-bond donors (Lipinski definition) is 0. The van der Waals surface area contributed by atoms with Gasteiger partial charge in [0.25, 0.3) is 5.91 Å². The molecule has 0 aliphatic carbocycles. The first-order valence-electron chi connectivity index (χ1n) is 12.3. The number of halogens is 3. The Labute approximate surface area is 224 Å². The lowest BCUT2D eigenvalue weighted by atomic mass is 9.89. The summed E-state index contributed by atoms with van der Waals surface area (Å²) < 4.78 is 75.4. The molecular formula is C27H27F3N4O4S. The fourth-order valence-electron chi connectivity index (χ4n) is 5.26. The van der Waals surface area contributed by atoms with Crippen LogP contribution in [0.15, 0.2) is 48.4 Å². The summed E-state index contributed by atoms with van der Waals surface area (Å²) >= 11 is 0. The number of methoxy groups -OCH3 is 1. The van der Waals surface area contributed by atoms with Gasteiger partial charge in [-0.05, 0) is 61.2 Å². The molecule has 3 aromatic rings. The van der Waals surface area contributed by atoms with Crippen molar-refractivity contribution in [3.63, 3.8) is 0 Å². The first-order valence-corrected chi connectivity index (χ1v) is 14.1. The standard InChI is InChI=1S/C27H27F3N4O4S/c1-16-12-32(15-31-16)23-7-4-17(9-25(23)38-2)8-18-5-6-20-13-33(39(3,36)37)14-24(34(20)27(18)35)19-10-21(28)26(30)22(29)11-19/h4,7-12,15,20,24H,5-6,13-14H2,1-3H3/t20-,24-/m0/s1. The van der Waals surface area contributed by atoms with E-state index in [-0.39, 0.29) is 24.6 Å². The number of ether oxygens (including phenoxy) is 1. The first-order chi connectivity index (χ1) is 18.5. The second-order valence-corrected chi connectivity index (χ2v) is 11.8. The highest BCUT2D eigenvalue weighted by molar-refractivity contribution is 7.88. The van der Waals surface area contributed by atoms with Crippen LogP contribution in [0.1, 0.15) is 35.7 Å². The van der Waals surface area contributed by atoms with Crippen molar-refractivity contribution in [2.45, 2.75) is 31.8 Å². The van der Waals surface area contributed by atoms with Crippen LogP contribution in [0.5, 0.6) is 5.75 Å². The quantitative estimate of drug-likeness (QED) is 0.348. The van der Waals surface area contributed by atoms with Crippen LogP contribution in [0, 0.1) is 24.4 Å². The zero-order valence-electron chi connectivity index (χ0n) is 21.6.